The van der Waals surface area contributed by atoms with Gasteiger partial charge in [0.25, 0.3) is 0 Å². The molecule has 0 atom stereocenters. The molecule has 0 aliphatic carbocycles. The first-order valence-electron chi connectivity index (χ1n) is 18.1. The lowest BCUT2D eigenvalue weighted by molar-refractivity contribution is 1.08. The molecule has 0 saturated carbocycles. The van der Waals surface area contributed by atoms with Crippen molar-refractivity contribution in [3.63, 3.8) is 0 Å². The summed E-state index contributed by atoms with van der Waals surface area (Å²) in [5.41, 5.74) is 10.6. The average Bonchev–Trinajstić information content (AvgIpc) is 3.54. The van der Waals surface area contributed by atoms with Gasteiger partial charge in [-0.15, -0.1) is 0 Å². The topological polar surface area (TPSA) is 30.7 Å². The predicted molar refractivity (Wildman–Crippen MR) is 223 cm³/mol. The van der Waals surface area contributed by atoms with Gasteiger partial charge in [0, 0.05) is 16.3 Å². The second-order valence-corrected chi connectivity index (χ2v) is 13.8. The number of fused-ring (bicyclic) bond motifs is 7. The van der Waals surface area contributed by atoms with E-state index < -0.39 is 0 Å². The second kappa shape index (κ2) is 11.7. The summed E-state index contributed by atoms with van der Waals surface area (Å²) in [6.45, 7) is 0. The molecule has 0 radical (unpaired) electrons. The molecule has 3 nitrogen and oxygen atoms in total. The van der Waals surface area contributed by atoms with Crippen LogP contribution in [0.4, 0.5) is 0 Å². The first-order valence-corrected chi connectivity index (χ1v) is 18.1. The van der Waals surface area contributed by atoms with E-state index in [4.69, 9.17) is 9.97 Å². The minimum atomic E-state index is 0.815. The van der Waals surface area contributed by atoms with Crippen LogP contribution in [-0.4, -0.2) is 14.5 Å². The van der Waals surface area contributed by atoms with Crippen molar-refractivity contribution >= 4 is 65.2 Å². The van der Waals surface area contributed by atoms with Crippen LogP contribution >= 0.6 is 0 Å². The monoisotopic (exact) mass is 673 g/mol. The zero-order chi connectivity index (χ0) is 34.9. The molecule has 0 aliphatic rings. The highest BCUT2D eigenvalue weighted by Crippen LogP contribution is 2.42. The van der Waals surface area contributed by atoms with E-state index >= 15 is 0 Å². The number of aromatic nitrogens is 3. The fourth-order valence-electron chi connectivity index (χ4n) is 8.18. The van der Waals surface area contributed by atoms with Crippen LogP contribution in [0.1, 0.15) is 0 Å². The molecule has 3 heteroatoms. The van der Waals surface area contributed by atoms with E-state index in [1.165, 1.54) is 60.0 Å². The van der Waals surface area contributed by atoms with Crippen LogP contribution in [0.15, 0.2) is 188 Å². The Morgan fingerprint density at radius 2 is 0.887 bits per heavy atom. The van der Waals surface area contributed by atoms with Crippen LogP contribution in [0, 0.1) is 0 Å². The van der Waals surface area contributed by atoms with Crippen LogP contribution in [0.25, 0.3) is 104 Å². The summed E-state index contributed by atoms with van der Waals surface area (Å²) in [6.07, 6.45) is 0. The maximum atomic E-state index is 5.48. The molecule has 11 rings (SSSR count). The molecule has 0 saturated heterocycles. The number of hydrogen-bond acceptors (Lipinski definition) is 2. The molecule has 0 fully saturated rings. The van der Waals surface area contributed by atoms with Crippen molar-refractivity contribution in [2.24, 2.45) is 0 Å². The summed E-state index contributed by atoms with van der Waals surface area (Å²) in [5.74, 6) is 0.815. The predicted octanol–water partition coefficient (Wildman–Crippen LogP) is 13.2. The van der Waals surface area contributed by atoms with Crippen LogP contribution in [-0.2, 0) is 0 Å². The highest BCUT2D eigenvalue weighted by molar-refractivity contribution is 6.15. The van der Waals surface area contributed by atoms with Gasteiger partial charge >= 0.3 is 0 Å². The van der Waals surface area contributed by atoms with Gasteiger partial charge < -0.3 is 0 Å². The maximum absolute atomic E-state index is 5.48. The van der Waals surface area contributed by atoms with Gasteiger partial charge in [-0.2, -0.15) is 0 Å². The summed E-state index contributed by atoms with van der Waals surface area (Å²) < 4.78 is 2.34. The minimum absolute atomic E-state index is 0.815. The molecule has 53 heavy (non-hydrogen) atoms. The molecule has 11 aromatic rings. The Kier molecular flexibility index (Phi) is 6.55. The van der Waals surface area contributed by atoms with Crippen molar-refractivity contribution in [2.75, 3.05) is 0 Å². The van der Waals surface area contributed by atoms with Gasteiger partial charge in [0.2, 0.25) is 0 Å². The average molecular weight is 674 g/mol. The highest BCUT2D eigenvalue weighted by Gasteiger charge is 2.22. The number of para-hydroxylation sites is 2. The third-order valence-corrected chi connectivity index (χ3v) is 10.7. The molecule has 2 heterocycles. The van der Waals surface area contributed by atoms with E-state index in [-0.39, 0.29) is 0 Å². The van der Waals surface area contributed by atoms with Gasteiger partial charge in [-0.05, 0) is 97.0 Å². The molecule has 9 aromatic carbocycles. The van der Waals surface area contributed by atoms with Crippen molar-refractivity contribution in [1.82, 2.24) is 14.5 Å². The van der Waals surface area contributed by atoms with Gasteiger partial charge in [-0.3, -0.25) is 4.57 Å². The minimum Gasteiger partial charge on any atom is -0.292 e. The van der Waals surface area contributed by atoms with Gasteiger partial charge in [0.05, 0.1) is 22.1 Å². The van der Waals surface area contributed by atoms with E-state index in [0.29, 0.717) is 0 Å². The Morgan fingerprint density at radius 1 is 0.321 bits per heavy atom. The maximum Gasteiger partial charge on any atom is 0.165 e. The van der Waals surface area contributed by atoms with Crippen LogP contribution in [0.5, 0.6) is 0 Å². The van der Waals surface area contributed by atoms with Crippen molar-refractivity contribution in [3.05, 3.63) is 188 Å². The summed E-state index contributed by atoms with van der Waals surface area (Å²) in [4.78, 5) is 10.9. The van der Waals surface area contributed by atoms with Gasteiger partial charge in [0.1, 0.15) is 5.69 Å². The van der Waals surface area contributed by atoms with Crippen molar-refractivity contribution in [2.45, 2.75) is 0 Å². The van der Waals surface area contributed by atoms with E-state index in [1.54, 1.807) is 0 Å². The molecule has 0 aliphatic heterocycles. The lowest BCUT2D eigenvalue weighted by Gasteiger charge is -2.17. The molecule has 0 amide bonds. The first-order chi connectivity index (χ1) is 26.3. The Morgan fingerprint density at radius 3 is 1.68 bits per heavy atom. The second-order valence-electron chi connectivity index (χ2n) is 13.8. The number of benzene rings is 9. The van der Waals surface area contributed by atoms with Gasteiger partial charge in [-0.1, -0.05) is 146 Å². The van der Waals surface area contributed by atoms with Crippen LogP contribution < -0.4 is 0 Å². The number of nitrogens with zero attached hydrogens (tertiary/aromatic N) is 3. The molecule has 0 bridgehead atoms. The number of rotatable bonds is 4. The fourth-order valence-corrected chi connectivity index (χ4v) is 8.18. The van der Waals surface area contributed by atoms with Crippen molar-refractivity contribution < 1.29 is 0 Å². The van der Waals surface area contributed by atoms with E-state index in [1.807, 2.05) is 12.1 Å². The van der Waals surface area contributed by atoms with Gasteiger partial charge in [-0.25, -0.2) is 9.97 Å². The van der Waals surface area contributed by atoms with E-state index in [0.717, 1.165) is 44.5 Å². The Labute approximate surface area is 306 Å². The normalized spacial score (nSPS) is 11.8. The Bertz CT molecular complexity index is 3230. The molecule has 2 aromatic heterocycles. The smallest absolute Gasteiger partial charge is 0.165 e. The summed E-state index contributed by atoms with van der Waals surface area (Å²) >= 11 is 0. The Balaban J connectivity index is 1.23. The quantitative estimate of drug-likeness (QED) is 0.186. The summed E-state index contributed by atoms with van der Waals surface area (Å²) in [5, 5.41) is 9.57. The number of hydrogen-bond donors (Lipinski definition) is 0. The summed E-state index contributed by atoms with van der Waals surface area (Å²) in [6, 6.07) is 67.4. The lowest BCUT2D eigenvalue weighted by atomic mass is 9.93. The first kappa shape index (κ1) is 29.6. The third kappa shape index (κ3) is 4.75. The molecule has 0 spiro atoms. The largest absolute Gasteiger partial charge is 0.292 e. The zero-order valence-corrected chi connectivity index (χ0v) is 28.7. The molecule has 246 valence electrons. The Hall–Kier alpha value is -7.10. The molecule has 0 unspecified atom stereocenters. The van der Waals surface area contributed by atoms with Crippen LogP contribution in [0.2, 0.25) is 0 Å². The van der Waals surface area contributed by atoms with Crippen molar-refractivity contribution in [3.8, 4) is 39.3 Å². The lowest BCUT2D eigenvalue weighted by Crippen LogP contribution is -2.04. The SMILES string of the molecule is c1ccc(-c2ccc(-c3nc4ccccc4nc3-n3c4ccc(-c5ccc6ccccc6c5)cc4c4cc5ccccc5cc43)c3ccccc23)cc1. The van der Waals surface area contributed by atoms with E-state index in [9.17, 15) is 0 Å². The molecular formula is C50H31N3. The fraction of sp³-hybridized carbons (Fsp3) is 0. The molecular weight excluding hydrogens is 643 g/mol. The standard InChI is InChI=1S/C50H31N3/c1-2-13-33(14-3-1)39-25-26-42(41-19-9-8-18-40(39)41)49-50(52-46-21-11-10-20-45(46)51-49)53-47-27-24-38(37-23-22-32-12-4-5-15-34(32)28-37)30-43(47)44-29-35-16-6-7-17-36(35)31-48(44)53/h1-31H. The zero-order valence-electron chi connectivity index (χ0n) is 28.7. The van der Waals surface area contributed by atoms with Crippen molar-refractivity contribution in [1.29, 1.82) is 0 Å². The van der Waals surface area contributed by atoms with Gasteiger partial charge in [0.15, 0.2) is 5.82 Å². The van der Waals surface area contributed by atoms with E-state index in [2.05, 4.69) is 180 Å². The third-order valence-electron chi connectivity index (χ3n) is 10.7. The van der Waals surface area contributed by atoms with Crippen LogP contribution in [0.3, 0.4) is 0 Å². The molecule has 0 N–H and O–H groups in total. The highest BCUT2D eigenvalue weighted by atomic mass is 15.1. The summed E-state index contributed by atoms with van der Waals surface area (Å²) in [7, 11) is 0.